The van der Waals surface area contributed by atoms with Crippen LogP contribution in [0.3, 0.4) is 0 Å². The second kappa shape index (κ2) is 7.46. The molecule has 4 nitrogen and oxygen atoms in total. The molecule has 2 rings (SSSR count). The van der Waals surface area contributed by atoms with Crippen LogP contribution < -0.4 is 0 Å². The van der Waals surface area contributed by atoms with Crippen LogP contribution in [0.4, 0.5) is 0 Å². The number of carbonyl (C=O) groups is 1. The Kier molecular flexibility index (Phi) is 5.63. The van der Waals surface area contributed by atoms with Gasteiger partial charge < -0.3 is 10.0 Å². The molecule has 0 aromatic heterocycles. The largest absolute Gasteiger partial charge is 0.384 e. The highest BCUT2D eigenvalue weighted by molar-refractivity contribution is 6.30. The maximum atomic E-state index is 11.6. The van der Waals surface area contributed by atoms with E-state index in [1.54, 1.807) is 4.90 Å². The zero-order valence-corrected chi connectivity index (χ0v) is 12.8. The molecular weight excluding hydrogens is 288 g/mol. The molecule has 21 heavy (non-hydrogen) atoms. The standard InChI is InChI=1S/C16H19ClN2O2/c1-13(20)16(21)19-11-9-18(10-12-19)8-2-3-14-4-6-15(17)7-5-14/h4-7,13,20H,8-12H2,1H3. The third-order valence-corrected chi connectivity index (χ3v) is 3.67. The van der Waals surface area contributed by atoms with Crippen molar-refractivity contribution in [2.24, 2.45) is 0 Å². The van der Waals surface area contributed by atoms with Crippen molar-refractivity contribution < 1.29 is 9.90 Å². The van der Waals surface area contributed by atoms with Crippen LogP contribution >= 0.6 is 11.6 Å². The van der Waals surface area contributed by atoms with Crippen LogP contribution in [0.15, 0.2) is 24.3 Å². The molecule has 0 aliphatic carbocycles. The predicted molar refractivity (Wildman–Crippen MR) is 83.0 cm³/mol. The van der Waals surface area contributed by atoms with Crippen LogP contribution in [0.25, 0.3) is 0 Å². The number of amides is 1. The third-order valence-electron chi connectivity index (χ3n) is 3.42. The van der Waals surface area contributed by atoms with Crippen molar-refractivity contribution in [3.63, 3.8) is 0 Å². The fourth-order valence-corrected chi connectivity index (χ4v) is 2.30. The number of hydrogen-bond acceptors (Lipinski definition) is 3. The van der Waals surface area contributed by atoms with Gasteiger partial charge >= 0.3 is 0 Å². The van der Waals surface area contributed by atoms with Gasteiger partial charge in [-0.25, -0.2) is 0 Å². The summed E-state index contributed by atoms with van der Waals surface area (Å²) in [5.74, 6) is 6.05. The fourth-order valence-electron chi connectivity index (χ4n) is 2.18. The number of rotatable bonds is 2. The van der Waals surface area contributed by atoms with Crippen molar-refractivity contribution in [1.82, 2.24) is 9.80 Å². The molecule has 0 radical (unpaired) electrons. The number of piperazine rings is 1. The Morgan fingerprint density at radius 2 is 1.90 bits per heavy atom. The van der Waals surface area contributed by atoms with Crippen molar-refractivity contribution in [3.8, 4) is 11.8 Å². The highest BCUT2D eigenvalue weighted by Gasteiger charge is 2.22. The average Bonchev–Trinajstić information content (AvgIpc) is 2.49. The summed E-state index contributed by atoms with van der Waals surface area (Å²) >= 11 is 5.82. The van der Waals surface area contributed by atoms with E-state index in [9.17, 15) is 9.90 Å². The maximum Gasteiger partial charge on any atom is 0.251 e. The normalized spacial score (nSPS) is 17.0. The molecule has 1 aromatic carbocycles. The highest BCUT2D eigenvalue weighted by atomic mass is 35.5. The Hall–Kier alpha value is -1.54. The predicted octanol–water partition coefficient (Wildman–Crippen LogP) is 1.22. The Morgan fingerprint density at radius 3 is 2.48 bits per heavy atom. The van der Waals surface area contributed by atoms with Gasteiger partial charge in [0.2, 0.25) is 0 Å². The van der Waals surface area contributed by atoms with Gasteiger partial charge in [-0.15, -0.1) is 0 Å². The number of nitrogens with zero attached hydrogens (tertiary/aromatic N) is 2. The van der Waals surface area contributed by atoms with Crippen molar-refractivity contribution >= 4 is 17.5 Å². The van der Waals surface area contributed by atoms with Crippen molar-refractivity contribution in [3.05, 3.63) is 34.9 Å². The van der Waals surface area contributed by atoms with Gasteiger partial charge in [0, 0.05) is 36.8 Å². The molecule has 0 spiro atoms. The molecule has 1 unspecified atom stereocenters. The molecule has 1 fully saturated rings. The minimum absolute atomic E-state index is 0.193. The van der Waals surface area contributed by atoms with Gasteiger partial charge in [0.1, 0.15) is 6.10 Å². The van der Waals surface area contributed by atoms with Crippen molar-refractivity contribution in [1.29, 1.82) is 0 Å². The zero-order chi connectivity index (χ0) is 15.2. The summed E-state index contributed by atoms with van der Waals surface area (Å²) in [6, 6.07) is 7.45. The second-order valence-electron chi connectivity index (χ2n) is 5.09. The van der Waals surface area contributed by atoms with Crippen LogP contribution in [-0.2, 0) is 4.79 Å². The van der Waals surface area contributed by atoms with Crippen LogP contribution in [-0.4, -0.2) is 59.6 Å². The maximum absolute atomic E-state index is 11.6. The summed E-state index contributed by atoms with van der Waals surface area (Å²) in [7, 11) is 0. The lowest BCUT2D eigenvalue weighted by molar-refractivity contribution is -0.140. The molecular formula is C16H19ClN2O2. The first-order valence-corrected chi connectivity index (χ1v) is 7.37. The van der Waals surface area contributed by atoms with Crippen LogP contribution in [0.5, 0.6) is 0 Å². The Balaban J connectivity index is 1.79. The van der Waals surface area contributed by atoms with E-state index >= 15 is 0 Å². The van der Waals surface area contributed by atoms with E-state index < -0.39 is 6.10 Å². The van der Waals surface area contributed by atoms with Crippen molar-refractivity contribution in [2.45, 2.75) is 13.0 Å². The molecule has 1 aliphatic heterocycles. The second-order valence-corrected chi connectivity index (χ2v) is 5.52. The molecule has 1 aliphatic rings. The first-order valence-electron chi connectivity index (χ1n) is 7.00. The molecule has 0 bridgehead atoms. The van der Waals surface area contributed by atoms with E-state index in [1.807, 2.05) is 24.3 Å². The van der Waals surface area contributed by atoms with E-state index in [2.05, 4.69) is 16.7 Å². The van der Waals surface area contributed by atoms with E-state index in [1.165, 1.54) is 6.92 Å². The third kappa shape index (κ3) is 4.75. The van der Waals surface area contributed by atoms with Gasteiger partial charge in [-0.2, -0.15) is 0 Å². The minimum Gasteiger partial charge on any atom is -0.384 e. The van der Waals surface area contributed by atoms with Crippen LogP contribution in [0.1, 0.15) is 12.5 Å². The van der Waals surface area contributed by atoms with Gasteiger partial charge in [0.25, 0.3) is 5.91 Å². The summed E-state index contributed by atoms with van der Waals surface area (Å²) in [6.07, 6.45) is -0.916. The lowest BCUT2D eigenvalue weighted by Gasteiger charge is -2.34. The quantitative estimate of drug-likeness (QED) is 0.836. The summed E-state index contributed by atoms with van der Waals surface area (Å²) in [6.45, 7) is 5.05. The van der Waals surface area contributed by atoms with Crippen LogP contribution in [0, 0.1) is 11.8 Å². The monoisotopic (exact) mass is 306 g/mol. The summed E-state index contributed by atoms with van der Waals surface area (Å²) in [4.78, 5) is 15.6. The molecule has 5 heteroatoms. The molecule has 1 aromatic rings. The first-order chi connectivity index (χ1) is 10.1. The Bertz CT molecular complexity index is 538. The van der Waals surface area contributed by atoms with Gasteiger partial charge in [-0.1, -0.05) is 23.4 Å². The van der Waals surface area contributed by atoms with Crippen LogP contribution in [0.2, 0.25) is 5.02 Å². The number of aliphatic hydroxyl groups excluding tert-OH is 1. The molecule has 1 saturated heterocycles. The average molecular weight is 307 g/mol. The van der Waals surface area contributed by atoms with E-state index in [-0.39, 0.29) is 5.91 Å². The number of halogens is 1. The minimum atomic E-state index is -0.916. The van der Waals surface area contributed by atoms with Gasteiger partial charge in [-0.3, -0.25) is 9.69 Å². The van der Waals surface area contributed by atoms with E-state index in [0.29, 0.717) is 24.7 Å². The Morgan fingerprint density at radius 1 is 1.29 bits per heavy atom. The molecule has 1 N–H and O–H groups in total. The van der Waals surface area contributed by atoms with E-state index in [4.69, 9.17) is 11.6 Å². The summed E-state index contributed by atoms with van der Waals surface area (Å²) in [5, 5.41) is 10.00. The number of aliphatic hydroxyl groups is 1. The Labute approximate surface area is 130 Å². The number of hydrogen-bond donors (Lipinski definition) is 1. The van der Waals surface area contributed by atoms with E-state index in [0.717, 1.165) is 18.7 Å². The number of benzene rings is 1. The molecule has 1 atom stereocenters. The van der Waals surface area contributed by atoms with Crippen molar-refractivity contribution in [2.75, 3.05) is 32.7 Å². The topological polar surface area (TPSA) is 43.8 Å². The van der Waals surface area contributed by atoms with Gasteiger partial charge in [-0.05, 0) is 31.2 Å². The zero-order valence-electron chi connectivity index (χ0n) is 12.1. The SMILES string of the molecule is CC(O)C(=O)N1CCN(CC#Cc2ccc(Cl)cc2)CC1. The van der Waals surface area contributed by atoms with Gasteiger partial charge in [0.15, 0.2) is 0 Å². The summed E-state index contributed by atoms with van der Waals surface area (Å²) < 4.78 is 0. The number of carbonyl (C=O) groups excluding carboxylic acids is 1. The molecule has 112 valence electrons. The smallest absolute Gasteiger partial charge is 0.251 e. The highest BCUT2D eigenvalue weighted by Crippen LogP contribution is 2.08. The molecule has 1 amide bonds. The summed E-state index contributed by atoms with van der Waals surface area (Å²) in [5.41, 5.74) is 0.947. The first kappa shape index (κ1) is 15.8. The molecule has 1 heterocycles. The lowest BCUT2D eigenvalue weighted by atomic mass is 10.2. The molecule has 0 saturated carbocycles. The fraction of sp³-hybridized carbons (Fsp3) is 0.438. The lowest BCUT2D eigenvalue weighted by Crippen LogP contribution is -2.51. The van der Waals surface area contributed by atoms with Gasteiger partial charge in [0.05, 0.1) is 6.54 Å².